The molecule has 0 N–H and O–H groups in total. The summed E-state index contributed by atoms with van der Waals surface area (Å²) in [4.78, 5) is 0. The van der Waals surface area contributed by atoms with Gasteiger partial charge in [-0.25, -0.2) is 0 Å². The molecule has 0 amide bonds. The van der Waals surface area contributed by atoms with Crippen molar-refractivity contribution < 1.29 is 0 Å². The van der Waals surface area contributed by atoms with E-state index in [2.05, 4.69) is 147 Å². The molecular formula is C38H28S. The predicted molar refractivity (Wildman–Crippen MR) is 167 cm³/mol. The highest BCUT2D eigenvalue weighted by Crippen LogP contribution is 2.57. The van der Waals surface area contributed by atoms with Gasteiger partial charge >= 0.3 is 0 Å². The van der Waals surface area contributed by atoms with E-state index in [1.54, 1.807) is 0 Å². The van der Waals surface area contributed by atoms with Gasteiger partial charge in [-0.05, 0) is 62.4 Å². The van der Waals surface area contributed by atoms with Gasteiger partial charge in [0, 0.05) is 25.6 Å². The number of fused-ring (bicyclic) bond motifs is 6. The first-order chi connectivity index (χ1) is 19.1. The number of thiophene rings is 1. The fourth-order valence-electron chi connectivity index (χ4n) is 7.27. The zero-order valence-corrected chi connectivity index (χ0v) is 22.9. The van der Waals surface area contributed by atoms with Crippen molar-refractivity contribution in [2.75, 3.05) is 0 Å². The highest BCUT2D eigenvalue weighted by atomic mass is 32.1. The van der Waals surface area contributed by atoms with Gasteiger partial charge in [0.2, 0.25) is 0 Å². The number of rotatable bonds is 2. The molecule has 0 saturated heterocycles. The molecule has 0 saturated carbocycles. The lowest BCUT2D eigenvalue weighted by Crippen LogP contribution is -2.42. The third-order valence-electron chi connectivity index (χ3n) is 9.00. The van der Waals surface area contributed by atoms with Crippen molar-refractivity contribution in [1.29, 1.82) is 0 Å². The Kier molecular flexibility index (Phi) is 4.75. The molecule has 1 aliphatic carbocycles. The first-order valence-corrected chi connectivity index (χ1v) is 14.5. The summed E-state index contributed by atoms with van der Waals surface area (Å²) in [7, 11) is 0. The molecule has 1 aliphatic rings. The van der Waals surface area contributed by atoms with Crippen molar-refractivity contribution in [3.8, 4) is 0 Å². The Morgan fingerprint density at radius 2 is 1.03 bits per heavy atom. The summed E-state index contributed by atoms with van der Waals surface area (Å²) in [6.07, 6.45) is 0. The van der Waals surface area contributed by atoms with Crippen LogP contribution in [0.3, 0.4) is 0 Å². The molecule has 6 aromatic carbocycles. The SMILES string of the molecule is CC1(C)c2ccccc2C(c2ccccc2)(c2cccc3cc4c(cc23)sc2ccccc24)c2ccccc21. The number of hydrogen-bond donors (Lipinski definition) is 0. The Hall–Kier alpha value is -4.20. The number of hydrogen-bond acceptors (Lipinski definition) is 1. The van der Waals surface area contributed by atoms with E-state index in [0.717, 1.165) is 0 Å². The van der Waals surface area contributed by atoms with Crippen LogP contribution in [-0.4, -0.2) is 0 Å². The molecule has 0 radical (unpaired) electrons. The first-order valence-electron chi connectivity index (χ1n) is 13.7. The summed E-state index contributed by atoms with van der Waals surface area (Å²) in [6, 6.07) is 50.0. The zero-order chi connectivity index (χ0) is 26.2. The van der Waals surface area contributed by atoms with E-state index in [4.69, 9.17) is 0 Å². The van der Waals surface area contributed by atoms with Crippen LogP contribution in [0.5, 0.6) is 0 Å². The molecule has 0 aliphatic heterocycles. The smallest absolute Gasteiger partial charge is 0.0713 e. The van der Waals surface area contributed by atoms with Gasteiger partial charge in [-0.2, -0.15) is 0 Å². The average molecular weight is 517 g/mol. The highest BCUT2D eigenvalue weighted by Gasteiger charge is 2.49. The minimum absolute atomic E-state index is 0.102. The lowest BCUT2D eigenvalue weighted by molar-refractivity contribution is 0.560. The molecule has 0 nitrogen and oxygen atoms in total. The summed E-state index contributed by atoms with van der Waals surface area (Å²) in [5, 5.41) is 5.31. The molecule has 0 fully saturated rings. The molecule has 186 valence electrons. The maximum atomic E-state index is 2.46. The molecule has 1 heteroatoms. The summed E-state index contributed by atoms with van der Waals surface area (Å²) in [5.41, 5.74) is 7.67. The first kappa shape index (κ1) is 22.8. The maximum absolute atomic E-state index is 2.46. The van der Waals surface area contributed by atoms with Gasteiger partial charge in [0.05, 0.1) is 5.41 Å². The van der Waals surface area contributed by atoms with Crippen LogP contribution in [0.25, 0.3) is 30.9 Å². The van der Waals surface area contributed by atoms with E-state index in [1.807, 2.05) is 11.3 Å². The van der Waals surface area contributed by atoms with Crippen LogP contribution in [-0.2, 0) is 10.8 Å². The van der Waals surface area contributed by atoms with Gasteiger partial charge in [0.1, 0.15) is 0 Å². The average Bonchev–Trinajstić information content (AvgIpc) is 3.35. The van der Waals surface area contributed by atoms with E-state index in [-0.39, 0.29) is 5.41 Å². The summed E-state index contributed by atoms with van der Waals surface area (Å²) >= 11 is 1.90. The quantitative estimate of drug-likeness (QED) is 0.214. The molecule has 0 bridgehead atoms. The van der Waals surface area contributed by atoms with Crippen LogP contribution in [0.15, 0.2) is 133 Å². The summed E-state index contributed by atoms with van der Waals surface area (Å²) < 4.78 is 2.69. The highest BCUT2D eigenvalue weighted by molar-refractivity contribution is 7.25. The van der Waals surface area contributed by atoms with Crippen molar-refractivity contribution in [3.63, 3.8) is 0 Å². The Labute approximate surface area is 233 Å². The van der Waals surface area contributed by atoms with Crippen molar-refractivity contribution in [2.45, 2.75) is 24.7 Å². The monoisotopic (exact) mass is 516 g/mol. The Morgan fingerprint density at radius 1 is 0.436 bits per heavy atom. The normalized spacial score (nSPS) is 15.3. The van der Waals surface area contributed by atoms with Crippen molar-refractivity contribution in [2.24, 2.45) is 0 Å². The molecule has 1 heterocycles. The van der Waals surface area contributed by atoms with Crippen molar-refractivity contribution in [3.05, 3.63) is 167 Å². The molecule has 1 aromatic heterocycles. The topological polar surface area (TPSA) is 0 Å². The molecule has 7 aromatic rings. The predicted octanol–water partition coefficient (Wildman–Crippen LogP) is 10.2. The van der Waals surface area contributed by atoms with Gasteiger partial charge in [0.25, 0.3) is 0 Å². The maximum Gasteiger partial charge on any atom is 0.0713 e. The fraction of sp³-hybridized carbons (Fsp3) is 0.105. The second-order valence-corrected chi connectivity index (χ2v) is 12.4. The minimum atomic E-state index is -0.437. The molecule has 0 unspecified atom stereocenters. The lowest BCUT2D eigenvalue weighted by Gasteiger charge is -2.48. The molecular weight excluding hydrogens is 488 g/mol. The van der Waals surface area contributed by atoms with Crippen LogP contribution in [0.1, 0.15) is 47.2 Å². The second-order valence-electron chi connectivity index (χ2n) is 11.3. The third kappa shape index (κ3) is 3.00. The van der Waals surface area contributed by atoms with Crippen molar-refractivity contribution in [1.82, 2.24) is 0 Å². The van der Waals surface area contributed by atoms with E-state index < -0.39 is 5.41 Å². The molecule has 0 atom stereocenters. The van der Waals surface area contributed by atoms with E-state index in [0.29, 0.717) is 0 Å². The lowest BCUT2D eigenvalue weighted by atomic mass is 9.54. The van der Waals surface area contributed by atoms with Gasteiger partial charge in [-0.15, -0.1) is 11.3 Å². The Bertz CT molecular complexity index is 1990. The van der Waals surface area contributed by atoms with E-state index >= 15 is 0 Å². The van der Waals surface area contributed by atoms with Crippen LogP contribution >= 0.6 is 11.3 Å². The molecule has 39 heavy (non-hydrogen) atoms. The Balaban J connectivity index is 1.58. The van der Waals surface area contributed by atoms with Crippen LogP contribution in [0.2, 0.25) is 0 Å². The summed E-state index contributed by atoms with van der Waals surface area (Å²) in [5.74, 6) is 0. The summed E-state index contributed by atoms with van der Waals surface area (Å²) in [6.45, 7) is 4.76. The third-order valence-corrected chi connectivity index (χ3v) is 10.1. The van der Waals surface area contributed by atoms with Gasteiger partial charge < -0.3 is 0 Å². The van der Waals surface area contributed by atoms with Gasteiger partial charge in [-0.3, -0.25) is 0 Å². The fourth-order valence-corrected chi connectivity index (χ4v) is 8.40. The van der Waals surface area contributed by atoms with Crippen LogP contribution < -0.4 is 0 Å². The van der Waals surface area contributed by atoms with Crippen LogP contribution in [0.4, 0.5) is 0 Å². The largest absolute Gasteiger partial charge is 0.135 e. The second kappa shape index (κ2) is 8.15. The minimum Gasteiger partial charge on any atom is -0.135 e. The van der Waals surface area contributed by atoms with Crippen LogP contribution in [0, 0.1) is 0 Å². The zero-order valence-electron chi connectivity index (χ0n) is 22.1. The van der Waals surface area contributed by atoms with Crippen molar-refractivity contribution >= 4 is 42.3 Å². The molecule has 0 spiro atoms. The van der Waals surface area contributed by atoms with Gasteiger partial charge in [-0.1, -0.05) is 129 Å². The van der Waals surface area contributed by atoms with Gasteiger partial charge in [0.15, 0.2) is 0 Å². The Morgan fingerprint density at radius 3 is 1.74 bits per heavy atom. The van der Waals surface area contributed by atoms with E-state index in [1.165, 1.54) is 64.3 Å². The standard InChI is InChI=1S/C38H28S/c1-37(2)31-17-7-9-19-33(31)38(26-14-4-3-5-15-26,34-20-10-8-18-32(34)37)30-21-12-13-25-23-29-27-16-6-11-22-35(27)39-36(29)24-28(25)30/h3-24H,1-2H3. The van der Waals surface area contributed by atoms with E-state index in [9.17, 15) is 0 Å². The molecule has 8 rings (SSSR count). The number of benzene rings is 6.